The van der Waals surface area contributed by atoms with Crippen molar-refractivity contribution in [2.45, 2.75) is 24.5 Å². The third-order valence-electron chi connectivity index (χ3n) is 4.49. The quantitative estimate of drug-likeness (QED) is 0.532. The van der Waals surface area contributed by atoms with E-state index in [1.54, 1.807) is 0 Å². The highest BCUT2D eigenvalue weighted by molar-refractivity contribution is 7.80. The van der Waals surface area contributed by atoms with Crippen molar-refractivity contribution in [2.24, 2.45) is 0 Å². The van der Waals surface area contributed by atoms with Crippen LogP contribution >= 0.6 is 12.2 Å². The Balaban J connectivity index is 1.81. The zero-order valence-electron chi connectivity index (χ0n) is 14.8. The first-order chi connectivity index (χ1) is 13.5. The average Bonchev–Trinajstić information content (AvgIpc) is 3.03. The lowest BCUT2D eigenvalue weighted by Gasteiger charge is -2.29. The maximum Gasteiger partial charge on any atom is 0.416 e. The molecular weight excluding hydrogens is 418 g/mol. The molecule has 0 spiro atoms. The molecule has 2 N–H and O–H groups in total. The van der Waals surface area contributed by atoms with E-state index in [1.807, 2.05) is 30.3 Å². The van der Waals surface area contributed by atoms with Crippen molar-refractivity contribution in [3.63, 3.8) is 0 Å². The second-order valence-corrected chi connectivity index (χ2v) is 7.07. The molecule has 1 saturated heterocycles. The fraction of sp³-hybridized carbons (Fsp3) is 0.316. The minimum absolute atomic E-state index is 0.0122. The van der Waals surface area contributed by atoms with Gasteiger partial charge >= 0.3 is 12.4 Å². The molecule has 1 atom stereocenters. The molecule has 0 aliphatic carbocycles. The van der Waals surface area contributed by atoms with Gasteiger partial charge in [-0.25, -0.2) is 0 Å². The Morgan fingerprint density at radius 2 is 1.52 bits per heavy atom. The number of hydrogen-bond donors (Lipinski definition) is 2. The van der Waals surface area contributed by atoms with Crippen molar-refractivity contribution < 1.29 is 31.1 Å². The Labute approximate surface area is 168 Å². The molecule has 1 aliphatic heterocycles. The first-order valence-corrected chi connectivity index (χ1v) is 8.88. The van der Waals surface area contributed by atoms with Gasteiger partial charge in [0.1, 0.15) is 5.54 Å². The molecule has 0 bridgehead atoms. The summed E-state index contributed by atoms with van der Waals surface area (Å²) in [6.07, 6.45) is -9.80. The van der Waals surface area contributed by atoms with E-state index in [1.165, 1.54) is 0 Å². The first-order valence-electron chi connectivity index (χ1n) is 8.47. The van der Waals surface area contributed by atoms with E-state index in [9.17, 15) is 26.3 Å². The molecule has 0 unspecified atom stereocenters. The molecule has 10 heteroatoms. The van der Waals surface area contributed by atoms with E-state index in [0.29, 0.717) is 23.8 Å². The maximum absolute atomic E-state index is 13.0. The molecule has 0 amide bonds. The zero-order chi connectivity index (χ0) is 21.3. The van der Waals surface area contributed by atoms with Crippen LogP contribution in [0.5, 0.6) is 0 Å². The lowest BCUT2D eigenvalue weighted by molar-refractivity contribution is -0.143. The van der Waals surface area contributed by atoms with Gasteiger partial charge in [0.2, 0.25) is 0 Å². The maximum atomic E-state index is 13.0. The van der Waals surface area contributed by atoms with Crippen LogP contribution in [-0.4, -0.2) is 18.3 Å². The van der Waals surface area contributed by atoms with Gasteiger partial charge in [0.15, 0.2) is 5.11 Å². The van der Waals surface area contributed by atoms with Crippen LogP contribution in [0, 0.1) is 0 Å². The van der Waals surface area contributed by atoms with Crippen LogP contribution in [0.4, 0.5) is 26.3 Å². The van der Waals surface area contributed by atoms with Crippen molar-refractivity contribution in [3.05, 3.63) is 70.8 Å². The predicted octanol–water partition coefficient (Wildman–Crippen LogP) is 4.61. The van der Waals surface area contributed by atoms with Gasteiger partial charge in [-0.3, -0.25) is 0 Å². The molecular formula is C19H16F6N2OS. The van der Waals surface area contributed by atoms with Crippen LogP contribution in [0.25, 0.3) is 0 Å². The molecule has 3 rings (SSSR count). The molecule has 1 aliphatic rings. The van der Waals surface area contributed by atoms with E-state index < -0.39 is 35.6 Å². The van der Waals surface area contributed by atoms with Crippen molar-refractivity contribution in [1.82, 2.24) is 10.6 Å². The van der Waals surface area contributed by atoms with E-state index in [4.69, 9.17) is 17.0 Å². The summed E-state index contributed by atoms with van der Waals surface area (Å²) in [5, 5.41) is 6.42. The second kappa shape index (κ2) is 7.83. The number of ether oxygens (including phenoxy) is 1. The van der Waals surface area contributed by atoms with Gasteiger partial charge in [-0.1, -0.05) is 30.3 Å². The summed E-state index contributed by atoms with van der Waals surface area (Å²) < 4.78 is 83.5. The van der Waals surface area contributed by atoms with Gasteiger partial charge in [-0.05, 0) is 41.5 Å². The molecule has 1 heterocycles. The van der Waals surface area contributed by atoms with Crippen molar-refractivity contribution in [1.29, 1.82) is 0 Å². The van der Waals surface area contributed by atoms with Gasteiger partial charge in [0.05, 0.1) is 24.3 Å². The van der Waals surface area contributed by atoms with Crippen LogP contribution < -0.4 is 10.6 Å². The first kappa shape index (κ1) is 21.4. The highest BCUT2D eigenvalue weighted by atomic mass is 32.1. The fourth-order valence-corrected chi connectivity index (χ4v) is 3.35. The number of rotatable bonds is 5. The molecule has 3 nitrogen and oxygen atoms in total. The smallest absolute Gasteiger partial charge is 0.374 e. The number of hydrogen-bond acceptors (Lipinski definition) is 2. The van der Waals surface area contributed by atoms with Gasteiger partial charge in [0.25, 0.3) is 0 Å². The number of thiocarbonyl (C=S) groups is 1. The Morgan fingerprint density at radius 3 is 2.00 bits per heavy atom. The lowest BCUT2D eigenvalue weighted by atomic mass is 9.92. The standard InChI is InChI=1S/C19H16F6N2OS/c20-18(21,22)14-6-12(7-15(8-14)19(23,24)25)9-28-11-17(10-26-16(29)27-17)13-4-2-1-3-5-13/h1-8H,9-11H2,(H2,26,27,29)/t17-/m1/s1. The summed E-state index contributed by atoms with van der Waals surface area (Å²) in [6.45, 7) is -0.0655. The van der Waals surface area contributed by atoms with Gasteiger partial charge in [0, 0.05) is 6.54 Å². The van der Waals surface area contributed by atoms with Gasteiger partial charge in [-0.2, -0.15) is 26.3 Å². The van der Waals surface area contributed by atoms with Crippen LogP contribution in [-0.2, 0) is 29.2 Å². The minimum Gasteiger partial charge on any atom is -0.374 e. The molecule has 2 aromatic rings. The molecule has 29 heavy (non-hydrogen) atoms. The highest BCUT2D eigenvalue weighted by Crippen LogP contribution is 2.36. The summed E-state index contributed by atoms with van der Waals surface area (Å²) in [5.74, 6) is 0. The normalized spacial score (nSPS) is 19.7. The molecule has 2 aromatic carbocycles. The lowest BCUT2D eigenvalue weighted by Crippen LogP contribution is -2.44. The average molecular weight is 434 g/mol. The molecule has 156 valence electrons. The molecule has 0 radical (unpaired) electrons. The topological polar surface area (TPSA) is 33.3 Å². The van der Waals surface area contributed by atoms with Crippen LogP contribution in [0.3, 0.4) is 0 Å². The molecule has 1 fully saturated rings. The number of benzene rings is 2. The Bertz CT molecular complexity index is 852. The highest BCUT2D eigenvalue weighted by Gasteiger charge is 2.39. The third-order valence-corrected chi connectivity index (χ3v) is 4.74. The fourth-order valence-electron chi connectivity index (χ4n) is 3.08. The number of nitrogens with one attached hydrogen (secondary N) is 2. The van der Waals surface area contributed by atoms with Crippen LogP contribution in [0.2, 0.25) is 0 Å². The van der Waals surface area contributed by atoms with E-state index >= 15 is 0 Å². The summed E-state index contributed by atoms with van der Waals surface area (Å²) >= 11 is 5.10. The largest absolute Gasteiger partial charge is 0.416 e. The van der Waals surface area contributed by atoms with E-state index in [-0.39, 0.29) is 18.2 Å². The Kier molecular flexibility index (Phi) is 5.77. The van der Waals surface area contributed by atoms with Gasteiger partial charge in [-0.15, -0.1) is 0 Å². The van der Waals surface area contributed by atoms with Gasteiger partial charge < -0.3 is 15.4 Å². The number of halogens is 6. The number of alkyl halides is 6. The van der Waals surface area contributed by atoms with E-state index in [0.717, 1.165) is 5.56 Å². The summed E-state index contributed by atoms with van der Waals surface area (Å²) in [6, 6.07) is 10.5. The predicted molar refractivity (Wildman–Crippen MR) is 98.0 cm³/mol. The van der Waals surface area contributed by atoms with Crippen LogP contribution in [0.1, 0.15) is 22.3 Å². The minimum atomic E-state index is -4.90. The zero-order valence-corrected chi connectivity index (χ0v) is 15.6. The second-order valence-electron chi connectivity index (χ2n) is 6.66. The third kappa shape index (κ3) is 4.99. The summed E-state index contributed by atoms with van der Waals surface area (Å²) in [4.78, 5) is 0. The monoisotopic (exact) mass is 434 g/mol. The molecule has 0 saturated carbocycles. The Hall–Kier alpha value is -2.33. The SMILES string of the molecule is FC(F)(F)c1cc(COC[C@@]2(c3ccccc3)CNC(=S)N2)cc(C(F)(F)F)c1. The molecule has 0 aromatic heterocycles. The van der Waals surface area contributed by atoms with Crippen LogP contribution in [0.15, 0.2) is 48.5 Å². The Morgan fingerprint density at radius 1 is 0.931 bits per heavy atom. The van der Waals surface area contributed by atoms with Crippen molar-refractivity contribution >= 4 is 17.3 Å². The van der Waals surface area contributed by atoms with Crippen molar-refractivity contribution in [2.75, 3.05) is 13.2 Å². The van der Waals surface area contributed by atoms with E-state index in [2.05, 4.69) is 10.6 Å². The summed E-state index contributed by atoms with van der Waals surface area (Å²) in [5.41, 5.74) is -2.90. The van der Waals surface area contributed by atoms with Crippen molar-refractivity contribution in [3.8, 4) is 0 Å². The summed E-state index contributed by atoms with van der Waals surface area (Å²) in [7, 11) is 0.